The molecule has 0 atom stereocenters. The number of hydrogen-bond acceptors (Lipinski definition) is 2. The fourth-order valence-corrected chi connectivity index (χ4v) is 3.10. The summed E-state index contributed by atoms with van der Waals surface area (Å²) in [6, 6.07) is 12.8. The van der Waals surface area contributed by atoms with Crippen LogP contribution in [0.4, 0.5) is 0 Å². The van der Waals surface area contributed by atoms with Gasteiger partial charge in [0.1, 0.15) is 0 Å². The van der Waals surface area contributed by atoms with Gasteiger partial charge in [0.25, 0.3) is 5.91 Å². The van der Waals surface area contributed by atoms with Crippen molar-refractivity contribution in [3.8, 4) is 0 Å². The van der Waals surface area contributed by atoms with Crippen molar-refractivity contribution in [1.29, 1.82) is 0 Å². The van der Waals surface area contributed by atoms with E-state index in [0.29, 0.717) is 29.8 Å². The van der Waals surface area contributed by atoms with Crippen LogP contribution in [-0.4, -0.2) is 29.7 Å². The monoisotopic (exact) mass is 333 g/mol. The third kappa shape index (κ3) is 3.55. The summed E-state index contributed by atoms with van der Waals surface area (Å²) < 4.78 is 0. The minimum Gasteiger partial charge on any atom is -0.338 e. The zero-order chi connectivity index (χ0) is 18.0. The molecule has 0 radical (unpaired) electrons. The minimum atomic E-state index is -0.103. The topological polar surface area (TPSA) is 37.4 Å². The number of likely N-dealkylation sites (tertiary alicyclic amines) is 1. The highest BCUT2D eigenvalue weighted by Crippen LogP contribution is 2.21. The van der Waals surface area contributed by atoms with Crippen LogP contribution in [0.1, 0.15) is 50.2 Å². The second-order valence-corrected chi connectivity index (χ2v) is 6.72. The van der Waals surface area contributed by atoms with Gasteiger partial charge < -0.3 is 4.90 Å². The lowest BCUT2D eigenvalue weighted by Gasteiger charge is -2.28. The lowest BCUT2D eigenvalue weighted by Crippen LogP contribution is -2.37. The number of carbonyl (C=O) groups excluding carboxylic acids is 2. The normalized spacial score (nSPS) is 14.5. The molecule has 2 aromatic carbocycles. The Morgan fingerprint density at radius 2 is 1.56 bits per heavy atom. The zero-order valence-electron chi connectivity index (χ0n) is 14.8. The molecule has 3 heteroatoms. The van der Waals surface area contributed by atoms with E-state index in [2.05, 4.69) is 6.58 Å². The SMILES string of the molecule is C=C1CCN(C(=O)c2ccccc2C(=O)c2ccc(C)c(C)c2)CC1. The molecule has 0 aliphatic carbocycles. The molecule has 1 saturated heterocycles. The van der Waals surface area contributed by atoms with E-state index in [-0.39, 0.29) is 11.7 Å². The molecule has 3 rings (SSSR count). The number of aryl methyl sites for hydroxylation is 2. The highest BCUT2D eigenvalue weighted by molar-refractivity contribution is 6.15. The van der Waals surface area contributed by atoms with Crippen molar-refractivity contribution in [1.82, 2.24) is 4.90 Å². The second-order valence-electron chi connectivity index (χ2n) is 6.72. The average Bonchev–Trinajstić information content (AvgIpc) is 2.63. The summed E-state index contributed by atoms with van der Waals surface area (Å²) in [5, 5.41) is 0. The molecule has 0 N–H and O–H groups in total. The van der Waals surface area contributed by atoms with Crippen molar-refractivity contribution in [2.75, 3.05) is 13.1 Å². The van der Waals surface area contributed by atoms with Crippen molar-refractivity contribution >= 4 is 11.7 Å². The second kappa shape index (κ2) is 7.06. The molecule has 0 saturated carbocycles. The van der Waals surface area contributed by atoms with Crippen molar-refractivity contribution < 1.29 is 9.59 Å². The fourth-order valence-electron chi connectivity index (χ4n) is 3.10. The third-order valence-corrected chi connectivity index (χ3v) is 4.93. The molecule has 0 spiro atoms. The third-order valence-electron chi connectivity index (χ3n) is 4.93. The number of hydrogen-bond donors (Lipinski definition) is 0. The number of benzene rings is 2. The van der Waals surface area contributed by atoms with Gasteiger partial charge in [-0.2, -0.15) is 0 Å². The Kier molecular flexibility index (Phi) is 4.84. The van der Waals surface area contributed by atoms with E-state index in [1.54, 1.807) is 12.1 Å². The molecule has 128 valence electrons. The zero-order valence-corrected chi connectivity index (χ0v) is 14.8. The number of carbonyl (C=O) groups is 2. The first-order valence-corrected chi connectivity index (χ1v) is 8.64. The largest absolute Gasteiger partial charge is 0.338 e. The van der Waals surface area contributed by atoms with Gasteiger partial charge in [-0.05, 0) is 49.9 Å². The standard InChI is InChI=1S/C22H23NO2/c1-15-10-12-23(13-11-15)22(25)20-7-5-4-6-19(20)21(24)18-9-8-16(2)17(3)14-18/h4-9,14H,1,10-13H2,2-3H3. The van der Waals surface area contributed by atoms with E-state index in [4.69, 9.17) is 0 Å². The highest BCUT2D eigenvalue weighted by Gasteiger charge is 2.24. The molecule has 1 fully saturated rings. The molecule has 2 aromatic rings. The van der Waals surface area contributed by atoms with Crippen molar-refractivity contribution in [3.63, 3.8) is 0 Å². The molecule has 1 heterocycles. The number of ketones is 1. The van der Waals surface area contributed by atoms with Crippen LogP contribution >= 0.6 is 0 Å². The van der Waals surface area contributed by atoms with Gasteiger partial charge in [-0.3, -0.25) is 9.59 Å². The van der Waals surface area contributed by atoms with Crippen LogP contribution in [0.25, 0.3) is 0 Å². The Morgan fingerprint density at radius 3 is 2.20 bits per heavy atom. The van der Waals surface area contributed by atoms with Gasteiger partial charge in [0, 0.05) is 24.2 Å². The van der Waals surface area contributed by atoms with Crippen LogP contribution < -0.4 is 0 Å². The summed E-state index contributed by atoms with van der Waals surface area (Å²) >= 11 is 0. The average molecular weight is 333 g/mol. The van der Waals surface area contributed by atoms with Gasteiger partial charge >= 0.3 is 0 Å². The highest BCUT2D eigenvalue weighted by atomic mass is 16.2. The van der Waals surface area contributed by atoms with E-state index in [1.165, 1.54) is 5.57 Å². The lowest BCUT2D eigenvalue weighted by molar-refractivity contribution is 0.0739. The van der Waals surface area contributed by atoms with Gasteiger partial charge in [0.05, 0.1) is 5.56 Å². The van der Waals surface area contributed by atoms with E-state index in [0.717, 1.165) is 24.0 Å². The number of rotatable bonds is 3. The molecule has 0 aromatic heterocycles. The van der Waals surface area contributed by atoms with E-state index in [1.807, 2.05) is 49.1 Å². The number of piperidine rings is 1. The first kappa shape index (κ1) is 17.2. The van der Waals surface area contributed by atoms with Gasteiger partial charge in [-0.15, -0.1) is 0 Å². The summed E-state index contributed by atoms with van der Waals surface area (Å²) in [5.74, 6) is -0.172. The molecule has 1 aliphatic heterocycles. The summed E-state index contributed by atoms with van der Waals surface area (Å²) in [4.78, 5) is 27.7. The molecule has 25 heavy (non-hydrogen) atoms. The van der Waals surface area contributed by atoms with E-state index < -0.39 is 0 Å². The number of amides is 1. The van der Waals surface area contributed by atoms with E-state index >= 15 is 0 Å². The maximum Gasteiger partial charge on any atom is 0.254 e. The Balaban J connectivity index is 1.92. The maximum atomic E-state index is 13.0. The molecule has 1 aliphatic rings. The van der Waals surface area contributed by atoms with Crippen LogP contribution in [0.5, 0.6) is 0 Å². The van der Waals surface area contributed by atoms with Crippen LogP contribution in [0.3, 0.4) is 0 Å². The first-order valence-electron chi connectivity index (χ1n) is 8.64. The summed E-state index contributed by atoms with van der Waals surface area (Å²) in [6.07, 6.45) is 1.66. The van der Waals surface area contributed by atoms with Crippen molar-refractivity contribution in [3.05, 3.63) is 82.4 Å². The van der Waals surface area contributed by atoms with Crippen LogP contribution in [0.15, 0.2) is 54.6 Å². The van der Waals surface area contributed by atoms with Crippen LogP contribution in [0, 0.1) is 13.8 Å². The quantitative estimate of drug-likeness (QED) is 0.619. The lowest BCUT2D eigenvalue weighted by atomic mass is 9.95. The van der Waals surface area contributed by atoms with E-state index in [9.17, 15) is 9.59 Å². The Labute approximate surface area is 149 Å². The first-order chi connectivity index (χ1) is 12.0. The van der Waals surface area contributed by atoms with Gasteiger partial charge in [-0.1, -0.05) is 42.5 Å². The molecule has 1 amide bonds. The summed E-state index contributed by atoms with van der Waals surface area (Å²) in [6.45, 7) is 9.34. The Bertz CT molecular complexity index is 841. The minimum absolute atomic E-state index is 0.0692. The molecular formula is C22H23NO2. The van der Waals surface area contributed by atoms with Gasteiger partial charge in [0.2, 0.25) is 0 Å². The maximum absolute atomic E-state index is 13.0. The van der Waals surface area contributed by atoms with Crippen LogP contribution in [-0.2, 0) is 0 Å². The molecular weight excluding hydrogens is 310 g/mol. The van der Waals surface area contributed by atoms with Gasteiger partial charge in [-0.25, -0.2) is 0 Å². The smallest absolute Gasteiger partial charge is 0.254 e. The fraction of sp³-hybridized carbons (Fsp3) is 0.273. The van der Waals surface area contributed by atoms with Crippen LogP contribution in [0.2, 0.25) is 0 Å². The molecule has 0 bridgehead atoms. The summed E-state index contributed by atoms with van der Waals surface area (Å²) in [5.41, 5.74) is 4.98. The predicted molar refractivity (Wildman–Crippen MR) is 100 cm³/mol. The van der Waals surface area contributed by atoms with Crippen molar-refractivity contribution in [2.45, 2.75) is 26.7 Å². The van der Waals surface area contributed by atoms with Crippen molar-refractivity contribution in [2.24, 2.45) is 0 Å². The number of nitrogens with zero attached hydrogens (tertiary/aromatic N) is 1. The Hall–Kier alpha value is -2.68. The van der Waals surface area contributed by atoms with Gasteiger partial charge in [0.15, 0.2) is 5.78 Å². The predicted octanol–water partition coefficient (Wildman–Crippen LogP) is 4.33. The molecule has 3 nitrogen and oxygen atoms in total. The summed E-state index contributed by atoms with van der Waals surface area (Å²) in [7, 11) is 0. The molecule has 0 unspecified atom stereocenters. The Morgan fingerprint density at radius 1 is 0.920 bits per heavy atom.